The van der Waals surface area contributed by atoms with Gasteiger partial charge in [-0.15, -0.1) is 0 Å². The van der Waals surface area contributed by atoms with Crippen molar-refractivity contribution >= 4 is 5.97 Å². The topological polar surface area (TPSA) is 49.8 Å². The molecule has 2 aromatic carbocycles. The lowest BCUT2D eigenvalue weighted by Gasteiger charge is -2.41. The second kappa shape index (κ2) is 9.85. The van der Waals surface area contributed by atoms with Gasteiger partial charge in [-0.05, 0) is 73.9 Å². The Balaban J connectivity index is 1.47. The number of piperidine rings is 1. The summed E-state index contributed by atoms with van der Waals surface area (Å²) >= 11 is 0. The molecule has 1 heterocycles. The highest BCUT2D eigenvalue weighted by molar-refractivity contribution is 5.89. The number of benzene rings is 2. The van der Waals surface area contributed by atoms with Crippen molar-refractivity contribution in [2.24, 2.45) is 5.41 Å². The van der Waals surface area contributed by atoms with Gasteiger partial charge in [0.05, 0.1) is 12.7 Å². The summed E-state index contributed by atoms with van der Waals surface area (Å²) in [7, 11) is 1.40. The van der Waals surface area contributed by atoms with Crippen molar-refractivity contribution in [1.29, 1.82) is 0 Å². The van der Waals surface area contributed by atoms with E-state index in [1.807, 2.05) is 24.3 Å². The van der Waals surface area contributed by atoms with E-state index in [0.29, 0.717) is 5.56 Å². The molecule has 0 atom stereocenters. The molecule has 1 aliphatic rings. The maximum absolute atomic E-state index is 11.5. The van der Waals surface area contributed by atoms with Crippen LogP contribution in [0.1, 0.15) is 47.2 Å². The van der Waals surface area contributed by atoms with Crippen LogP contribution in [0.15, 0.2) is 54.6 Å². The Bertz CT molecular complexity index is 734. The maximum atomic E-state index is 11.5. The number of carbonyl (C=O) groups excluding carboxylic acids is 1. The van der Waals surface area contributed by atoms with Gasteiger partial charge in [-0.25, -0.2) is 4.79 Å². The Morgan fingerprint density at radius 3 is 2.32 bits per heavy atom. The van der Waals surface area contributed by atoms with Gasteiger partial charge in [-0.3, -0.25) is 4.90 Å². The number of hydrogen-bond donors (Lipinski definition) is 1. The summed E-state index contributed by atoms with van der Waals surface area (Å²) in [4.78, 5) is 14.0. The molecule has 3 rings (SSSR count). The molecule has 0 aromatic heterocycles. The van der Waals surface area contributed by atoms with Crippen LogP contribution in [0.5, 0.6) is 0 Å². The quantitative estimate of drug-likeness (QED) is 0.700. The van der Waals surface area contributed by atoms with E-state index in [1.54, 1.807) is 0 Å². The zero-order valence-corrected chi connectivity index (χ0v) is 16.8. The van der Waals surface area contributed by atoms with Crippen LogP contribution in [0, 0.1) is 5.41 Å². The molecule has 1 aliphatic heterocycles. The highest BCUT2D eigenvalue weighted by Crippen LogP contribution is 2.36. The first-order chi connectivity index (χ1) is 13.6. The predicted molar refractivity (Wildman–Crippen MR) is 111 cm³/mol. The van der Waals surface area contributed by atoms with Crippen molar-refractivity contribution in [2.45, 2.75) is 38.6 Å². The summed E-state index contributed by atoms with van der Waals surface area (Å²) in [5.41, 5.74) is 3.24. The van der Waals surface area contributed by atoms with Gasteiger partial charge in [0.1, 0.15) is 0 Å². The first kappa shape index (κ1) is 20.6. The summed E-state index contributed by atoms with van der Waals surface area (Å²) in [6, 6.07) is 18.2. The lowest BCUT2D eigenvalue weighted by atomic mass is 9.75. The summed E-state index contributed by atoms with van der Waals surface area (Å²) in [6.45, 7) is 3.17. The summed E-state index contributed by atoms with van der Waals surface area (Å²) in [6.07, 6.45) is 5.37. The van der Waals surface area contributed by atoms with Crippen LogP contribution >= 0.6 is 0 Å². The molecule has 2 aromatic rings. The van der Waals surface area contributed by atoms with E-state index >= 15 is 0 Å². The summed E-state index contributed by atoms with van der Waals surface area (Å²) < 4.78 is 4.75. The lowest BCUT2D eigenvalue weighted by molar-refractivity contribution is 0.0330. The third-order valence-corrected chi connectivity index (χ3v) is 6.05. The largest absolute Gasteiger partial charge is 0.465 e. The van der Waals surface area contributed by atoms with Crippen LogP contribution in [0.2, 0.25) is 0 Å². The molecule has 0 saturated carbocycles. The van der Waals surface area contributed by atoms with E-state index in [0.717, 1.165) is 51.7 Å². The molecule has 0 aliphatic carbocycles. The van der Waals surface area contributed by atoms with Gasteiger partial charge < -0.3 is 9.84 Å². The number of ether oxygens (including phenoxy) is 1. The SMILES string of the molecule is COC(=O)c1ccc(CN2CCC(CO)(CCCc3ccccc3)CC2)cc1. The normalized spacial score (nSPS) is 16.6. The molecule has 28 heavy (non-hydrogen) atoms. The molecule has 0 amide bonds. The smallest absolute Gasteiger partial charge is 0.337 e. The summed E-state index contributed by atoms with van der Waals surface area (Å²) in [5, 5.41) is 10.1. The second-order valence-corrected chi connectivity index (χ2v) is 7.96. The fraction of sp³-hybridized carbons (Fsp3) is 0.458. The molecule has 4 nitrogen and oxygen atoms in total. The molecular formula is C24H31NO3. The minimum Gasteiger partial charge on any atom is -0.465 e. The third-order valence-electron chi connectivity index (χ3n) is 6.05. The van der Waals surface area contributed by atoms with Gasteiger partial charge in [0, 0.05) is 13.2 Å². The van der Waals surface area contributed by atoms with Crippen molar-refractivity contribution < 1.29 is 14.6 Å². The maximum Gasteiger partial charge on any atom is 0.337 e. The van der Waals surface area contributed by atoms with Crippen molar-refractivity contribution in [3.05, 3.63) is 71.3 Å². The van der Waals surface area contributed by atoms with Gasteiger partial charge in [-0.1, -0.05) is 42.5 Å². The molecular weight excluding hydrogens is 350 g/mol. The van der Waals surface area contributed by atoms with E-state index in [2.05, 4.69) is 35.2 Å². The molecule has 1 saturated heterocycles. The van der Waals surface area contributed by atoms with Gasteiger partial charge in [-0.2, -0.15) is 0 Å². The van der Waals surface area contributed by atoms with Crippen LogP contribution in [-0.2, 0) is 17.7 Å². The molecule has 4 heteroatoms. The van der Waals surface area contributed by atoms with Crippen molar-refractivity contribution in [3.63, 3.8) is 0 Å². The number of rotatable bonds is 8. The fourth-order valence-corrected chi connectivity index (χ4v) is 4.11. The Morgan fingerprint density at radius 2 is 1.71 bits per heavy atom. The van der Waals surface area contributed by atoms with E-state index in [9.17, 15) is 9.90 Å². The van der Waals surface area contributed by atoms with Gasteiger partial charge in [0.25, 0.3) is 0 Å². The van der Waals surface area contributed by atoms with Crippen LogP contribution in [-0.4, -0.2) is 42.8 Å². The molecule has 1 N–H and O–H groups in total. The van der Waals surface area contributed by atoms with E-state index in [4.69, 9.17) is 4.74 Å². The monoisotopic (exact) mass is 381 g/mol. The Labute approximate surface area is 168 Å². The Morgan fingerprint density at radius 1 is 1.04 bits per heavy atom. The average molecular weight is 382 g/mol. The lowest BCUT2D eigenvalue weighted by Crippen LogP contribution is -2.41. The Hall–Kier alpha value is -2.17. The highest BCUT2D eigenvalue weighted by Gasteiger charge is 2.33. The van der Waals surface area contributed by atoms with Crippen molar-refractivity contribution in [3.8, 4) is 0 Å². The van der Waals surface area contributed by atoms with Gasteiger partial charge in [0.2, 0.25) is 0 Å². The first-order valence-electron chi connectivity index (χ1n) is 10.2. The standard InChI is InChI=1S/C24H31NO3/c1-28-23(27)22-11-9-21(10-12-22)18-25-16-14-24(19-26,15-17-25)13-5-8-20-6-3-2-4-7-20/h2-4,6-7,9-12,26H,5,8,13-19H2,1H3. The van der Waals surface area contributed by atoms with Crippen LogP contribution in [0.25, 0.3) is 0 Å². The third kappa shape index (κ3) is 5.43. The number of carbonyl (C=O) groups is 1. The molecule has 1 fully saturated rings. The highest BCUT2D eigenvalue weighted by atomic mass is 16.5. The fourth-order valence-electron chi connectivity index (χ4n) is 4.11. The van der Waals surface area contributed by atoms with E-state index < -0.39 is 0 Å². The number of aliphatic hydroxyl groups excluding tert-OH is 1. The number of aryl methyl sites for hydroxylation is 1. The molecule has 0 spiro atoms. The summed E-state index contributed by atoms with van der Waals surface area (Å²) in [5.74, 6) is -0.298. The minimum atomic E-state index is -0.298. The van der Waals surface area contributed by atoms with Crippen LogP contribution in [0.3, 0.4) is 0 Å². The first-order valence-corrected chi connectivity index (χ1v) is 10.2. The van der Waals surface area contributed by atoms with Gasteiger partial charge >= 0.3 is 5.97 Å². The number of likely N-dealkylation sites (tertiary alicyclic amines) is 1. The van der Waals surface area contributed by atoms with Gasteiger partial charge in [0.15, 0.2) is 0 Å². The average Bonchev–Trinajstić information content (AvgIpc) is 2.76. The van der Waals surface area contributed by atoms with Crippen LogP contribution in [0.4, 0.5) is 0 Å². The van der Waals surface area contributed by atoms with Crippen LogP contribution < -0.4 is 0 Å². The zero-order valence-electron chi connectivity index (χ0n) is 16.8. The van der Waals surface area contributed by atoms with Crippen molar-refractivity contribution in [2.75, 3.05) is 26.8 Å². The molecule has 0 unspecified atom stereocenters. The van der Waals surface area contributed by atoms with E-state index in [1.165, 1.54) is 18.2 Å². The Kier molecular flexibility index (Phi) is 7.24. The number of esters is 1. The number of hydrogen-bond acceptors (Lipinski definition) is 4. The minimum absolute atomic E-state index is 0.0695. The van der Waals surface area contributed by atoms with E-state index in [-0.39, 0.29) is 18.0 Å². The number of aliphatic hydroxyl groups is 1. The molecule has 0 radical (unpaired) electrons. The molecule has 0 bridgehead atoms. The predicted octanol–water partition coefficient (Wildman–Crippen LogP) is 4.07. The zero-order chi connectivity index (χ0) is 19.8. The molecule has 150 valence electrons. The van der Waals surface area contributed by atoms with Crippen molar-refractivity contribution in [1.82, 2.24) is 4.90 Å². The second-order valence-electron chi connectivity index (χ2n) is 7.96. The number of methoxy groups -OCH3 is 1. The number of nitrogens with zero attached hydrogens (tertiary/aromatic N) is 1.